The third kappa shape index (κ3) is 5.51. The van der Waals surface area contributed by atoms with Crippen molar-refractivity contribution >= 4 is 40.8 Å². The molecule has 2 amide bonds. The van der Waals surface area contributed by atoms with E-state index >= 15 is 0 Å². The molecule has 8 nitrogen and oxygen atoms in total. The summed E-state index contributed by atoms with van der Waals surface area (Å²) < 4.78 is 1.51. The zero-order valence-corrected chi connectivity index (χ0v) is 21.2. The third-order valence-corrected chi connectivity index (χ3v) is 6.86. The number of hydrogen-bond donors (Lipinski definition) is 3. The fraction of sp³-hybridized carbons (Fsp3) is 0.185. The monoisotopic (exact) mass is 534 g/mol. The van der Waals surface area contributed by atoms with Crippen LogP contribution in [0.5, 0.6) is 0 Å². The Kier molecular flexibility index (Phi) is 7.23. The fourth-order valence-corrected chi connectivity index (χ4v) is 4.94. The Morgan fingerprint density at radius 3 is 2.43 bits per heavy atom. The van der Waals surface area contributed by atoms with Gasteiger partial charge in [0, 0.05) is 29.9 Å². The van der Waals surface area contributed by atoms with Gasteiger partial charge >= 0.3 is 0 Å². The molecule has 4 aromatic rings. The second kappa shape index (κ2) is 10.7. The standard InChI is InChI=1S/C27H24Cl2N6O2/c28-21-14-22(29)20(13-19(21)23-8-4-5-11-31-23)26(36)33-25-15-24(27(37)32-17-10-9-16(30)12-17)34-35(25)18-6-2-1-3-7-18/h1-8,11,13-17H,9-10,12,30H2,(H,32,37)(H,33,36)/t16-,17-/m1/s1. The van der Waals surface area contributed by atoms with Crippen LogP contribution >= 0.6 is 23.2 Å². The van der Waals surface area contributed by atoms with E-state index in [4.69, 9.17) is 28.9 Å². The first-order valence-corrected chi connectivity index (χ1v) is 12.6. The van der Waals surface area contributed by atoms with Crippen molar-refractivity contribution in [3.05, 3.63) is 94.2 Å². The molecule has 10 heteroatoms. The molecule has 1 aliphatic rings. The lowest BCUT2D eigenvalue weighted by molar-refractivity contribution is 0.0931. The maximum absolute atomic E-state index is 13.4. The number of hydrogen-bond acceptors (Lipinski definition) is 5. The highest BCUT2D eigenvalue weighted by atomic mass is 35.5. The van der Waals surface area contributed by atoms with E-state index in [2.05, 4.69) is 20.7 Å². The summed E-state index contributed by atoms with van der Waals surface area (Å²) in [5.74, 6) is -0.495. The Bertz CT molecular complexity index is 1440. The molecule has 1 fully saturated rings. The maximum atomic E-state index is 13.4. The molecule has 37 heavy (non-hydrogen) atoms. The molecule has 2 heterocycles. The normalized spacial score (nSPS) is 16.9. The Morgan fingerprint density at radius 2 is 1.73 bits per heavy atom. The summed E-state index contributed by atoms with van der Waals surface area (Å²) in [7, 11) is 0. The Hall–Kier alpha value is -3.72. The molecule has 0 aliphatic heterocycles. The van der Waals surface area contributed by atoms with E-state index in [1.54, 1.807) is 30.5 Å². The lowest BCUT2D eigenvalue weighted by Gasteiger charge is -2.12. The molecule has 5 rings (SSSR count). The second-order valence-corrected chi connectivity index (χ2v) is 9.70. The van der Waals surface area contributed by atoms with Gasteiger partial charge in [0.05, 0.1) is 27.0 Å². The minimum Gasteiger partial charge on any atom is -0.348 e. The van der Waals surface area contributed by atoms with E-state index in [1.807, 2.05) is 36.4 Å². The van der Waals surface area contributed by atoms with Crippen LogP contribution in [-0.4, -0.2) is 38.7 Å². The van der Waals surface area contributed by atoms with Crippen molar-refractivity contribution in [2.75, 3.05) is 5.32 Å². The van der Waals surface area contributed by atoms with E-state index in [1.165, 1.54) is 10.7 Å². The van der Waals surface area contributed by atoms with Crippen LogP contribution in [0, 0.1) is 0 Å². The molecular weight excluding hydrogens is 511 g/mol. The van der Waals surface area contributed by atoms with E-state index in [9.17, 15) is 9.59 Å². The summed E-state index contributed by atoms with van der Waals surface area (Å²) in [6, 6.07) is 19.4. The highest BCUT2D eigenvalue weighted by Crippen LogP contribution is 2.32. The number of pyridine rings is 1. The SMILES string of the molecule is N[C@@H]1CC[C@@H](NC(=O)c2cc(NC(=O)c3cc(-c4ccccn4)c(Cl)cc3Cl)n(-c3ccccc3)n2)C1. The highest BCUT2D eigenvalue weighted by molar-refractivity contribution is 6.38. The quantitative estimate of drug-likeness (QED) is 0.318. The summed E-state index contributed by atoms with van der Waals surface area (Å²) in [6.07, 6.45) is 4.06. The number of amides is 2. The fourth-order valence-electron chi connectivity index (χ4n) is 4.38. The van der Waals surface area contributed by atoms with Gasteiger partial charge in [-0.2, -0.15) is 5.10 Å². The van der Waals surface area contributed by atoms with Gasteiger partial charge in [0.25, 0.3) is 11.8 Å². The number of nitrogens with zero attached hydrogens (tertiary/aromatic N) is 3. The molecule has 0 unspecified atom stereocenters. The minimum atomic E-state index is -0.482. The van der Waals surface area contributed by atoms with Gasteiger partial charge in [-0.05, 0) is 55.7 Å². The molecule has 0 bridgehead atoms. The van der Waals surface area contributed by atoms with Crippen LogP contribution in [0.3, 0.4) is 0 Å². The largest absolute Gasteiger partial charge is 0.348 e. The Morgan fingerprint density at radius 1 is 0.946 bits per heavy atom. The Balaban J connectivity index is 1.46. The number of nitrogens with one attached hydrogen (secondary N) is 2. The number of anilines is 1. The number of carbonyl (C=O) groups excluding carboxylic acids is 2. The molecule has 1 saturated carbocycles. The van der Waals surface area contributed by atoms with Gasteiger partial charge in [-0.1, -0.05) is 47.5 Å². The van der Waals surface area contributed by atoms with Gasteiger partial charge < -0.3 is 16.4 Å². The number of rotatable bonds is 6. The van der Waals surface area contributed by atoms with Crippen molar-refractivity contribution in [3.63, 3.8) is 0 Å². The van der Waals surface area contributed by atoms with Crippen LogP contribution in [0.25, 0.3) is 16.9 Å². The van der Waals surface area contributed by atoms with Crippen molar-refractivity contribution in [2.24, 2.45) is 5.73 Å². The summed E-state index contributed by atoms with van der Waals surface area (Å²) in [5, 5.41) is 10.9. The maximum Gasteiger partial charge on any atom is 0.272 e. The van der Waals surface area contributed by atoms with E-state index in [0.29, 0.717) is 27.8 Å². The van der Waals surface area contributed by atoms with Crippen LogP contribution in [0.1, 0.15) is 40.1 Å². The van der Waals surface area contributed by atoms with Crippen molar-refractivity contribution in [2.45, 2.75) is 31.3 Å². The van der Waals surface area contributed by atoms with Crippen molar-refractivity contribution in [3.8, 4) is 16.9 Å². The smallest absolute Gasteiger partial charge is 0.272 e. The number of carbonyl (C=O) groups is 2. The number of halogens is 2. The topological polar surface area (TPSA) is 115 Å². The average Bonchev–Trinajstić information content (AvgIpc) is 3.51. The number of para-hydroxylation sites is 1. The predicted octanol–water partition coefficient (Wildman–Crippen LogP) is 5.10. The van der Waals surface area contributed by atoms with Crippen LogP contribution in [0.15, 0.2) is 72.9 Å². The van der Waals surface area contributed by atoms with Crippen molar-refractivity contribution in [1.82, 2.24) is 20.1 Å². The summed E-state index contributed by atoms with van der Waals surface area (Å²) in [6.45, 7) is 0. The van der Waals surface area contributed by atoms with Crippen LogP contribution in [0.2, 0.25) is 10.0 Å². The van der Waals surface area contributed by atoms with Crippen molar-refractivity contribution in [1.29, 1.82) is 0 Å². The van der Waals surface area contributed by atoms with Crippen LogP contribution in [0.4, 0.5) is 5.82 Å². The molecular formula is C27H24Cl2N6O2. The van der Waals surface area contributed by atoms with Gasteiger partial charge in [-0.25, -0.2) is 4.68 Å². The van der Waals surface area contributed by atoms with Gasteiger partial charge in [-0.15, -0.1) is 0 Å². The second-order valence-electron chi connectivity index (χ2n) is 8.89. The first kappa shape index (κ1) is 25.0. The zero-order valence-electron chi connectivity index (χ0n) is 19.7. The summed E-state index contributed by atoms with van der Waals surface area (Å²) in [5.41, 5.74) is 8.22. The Labute approximate surface area is 223 Å². The van der Waals surface area contributed by atoms with E-state index in [-0.39, 0.29) is 34.3 Å². The lowest BCUT2D eigenvalue weighted by atomic mass is 10.1. The molecule has 2 atom stereocenters. The number of aromatic nitrogens is 3. The van der Waals surface area contributed by atoms with Gasteiger partial charge in [0.15, 0.2) is 5.69 Å². The third-order valence-electron chi connectivity index (χ3n) is 6.23. The molecule has 1 aliphatic carbocycles. The van der Waals surface area contributed by atoms with Crippen LogP contribution < -0.4 is 16.4 Å². The lowest BCUT2D eigenvalue weighted by Crippen LogP contribution is -2.34. The molecule has 0 radical (unpaired) electrons. The first-order chi connectivity index (χ1) is 17.9. The summed E-state index contributed by atoms with van der Waals surface area (Å²) in [4.78, 5) is 30.7. The average molecular weight is 535 g/mol. The highest BCUT2D eigenvalue weighted by Gasteiger charge is 2.26. The number of nitrogens with two attached hydrogens (primary N) is 1. The van der Waals surface area contributed by atoms with Gasteiger partial charge in [-0.3, -0.25) is 14.6 Å². The molecule has 2 aromatic heterocycles. The molecule has 2 aromatic carbocycles. The molecule has 0 spiro atoms. The minimum absolute atomic E-state index is 0.000285. The van der Waals surface area contributed by atoms with Crippen LogP contribution in [-0.2, 0) is 0 Å². The van der Waals surface area contributed by atoms with Gasteiger partial charge in [0.1, 0.15) is 5.82 Å². The predicted molar refractivity (Wildman–Crippen MR) is 144 cm³/mol. The van der Waals surface area contributed by atoms with E-state index < -0.39 is 5.91 Å². The zero-order chi connectivity index (χ0) is 25.9. The molecule has 4 N–H and O–H groups in total. The summed E-state index contributed by atoms with van der Waals surface area (Å²) >= 11 is 12.8. The molecule has 188 valence electrons. The first-order valence-electron chi connectivity index (χ1n) is 11.8. The number of benzene rings is 2. The van der Waals surface area contributed by atoms with Crippen molar-refractivity contribution < 1.29 is 9.59 Å². The van der Waals surface area contributed by atoms with Gasteiger partial charge in [0.2, 0.25) is 0 Å². The molecule has 0 saturated heterocycles. The van der Waals surface area contributed by atoms with E-state index in [0.717, 1.165) is 19.3 Å².